The van der Waals surface area contributed by atoms with Crippen molar-refractivity contribution in [2.45, 2.75) is 0 Å². The van der Waals surface area contributed by atoms with Gasteiger partial charge >= 0.3 is 0 Å². The molecule has 2 N–H and O–H groups in total. The van der Waals surface area contributed by atoms with Crippen LogP contribution in [0.25, 0.3) is 0 Å². The van der Waals surface area contributed by atoms with Crippen molar-refractivity contribution >= 4 is 17.3 Å². The third-order valence-electron chi connectivity index (χ3n) is 2.25. The van der Waals surface area contributed by atoms with Gasteiger partial charge in [0.05, 0.1) is 23.8 Å². The molecule has 0 saturated heterocycles. The number of anilines is 2. The Morgan fingerprint density at radius 2 is 2.12 bits per heavy atom. The summed E-state index contributed by atoms with van der Waals surface area (Å²) in [5.41, 5.74) is 1.88. The van der Waals surface area contributed by atoms with Crippen molar-refractivity contribution in [1.29, 1.82) is 0 Å². The second-order valence-corrected chi connectivity index (χ2v) is 3.54. The van der Waals surface area contributed by atoms with Gasteiger partial charge in [0, 0.05) is 20.3 Å². The van der Waals surface area contributed by atoms with E-state index in [-0.39, 0.29) is 5.91 Å². The van der Waals surface area contributed by atoms with Crippen LogP contribution >= 0.6 is 0 Å². The van der Waals surface area contributed by atoms with Crippen molar-refractivity contribution in [2.24, 2.45) is 7.05 Å². The van der Waals surface area contributed by atoms with Gasteiger partial charge in [-0.05, 0) is 12.1 Å². The molecule has 0 saturated carbocycles. The smallest absolute Gasteiger partial charge is 0.274 e. The number of amides is 1. The molecule has 0 aliphatic heterocycles. The molecule has 88 valence electrons. The Labute approximate surface area is 98.7 Å². The molecule has 0 radical (unpaired) electrons. The van der Waals surface area contributed by atoms with E-state index in [4.69, 9.17) is 0 Å². The van der Waals surface area contributed by atoms with E-state index in [0.717, 1.165) is 5.69 Å². The average Bonchev–Trinajstić information content (AvgIpc) is 2.75. The predicted molar refractivity (Wildman–Crippen MR) is 64.9 cm³/mol. The van der Waals surface area contributed by atoms with Crippen LogP contribution in [0.5, 0.6) is 0 Å². The van der Waals surface area contributed by atoms with E-state index in [0.29, 0.717) is 11.4 Å². The highest BCUT2D eigenvalue weighted by Gasteiger charge is 2.08. The van der Waals surface area contributed by atoms with Gasteiger partial charge in [-0.25, -0.2) is 4.98 Å². The molecule has 6 nitrogen and oxygen atoms in total. The summed E-state index contributed by atoms with van der Waals surface area (Å²) < 4.78 is 1.62. The SMILES string of the molecule is CNc1ccc(C(=O)Nc2cnn(C)c2)nc1. The van der Waals surface area contributed by atoms with E-state index in [1.54, 1.807) is 49.5 Å². The predicted octanol–water partition coefficient (Wildman–Crippen LogP) is 1.11. The van der Waals surface area contributed by atoms with Crippen LogP contribution in [0.3, 0.4) is 0 Å². The van der Waals surface area contributed by atoms with Crippen LogP contribution in [0.1, 0.15) is 10.5 Å². The third-order valence-corrected chi connectivity index (χ3v) is 2.25. The summed E-state index contributed by atoms with van der Waals surface area (Å²) in [6.07, 6.45) is 4.91. The molecule has 0 aliphatic rings. The van der Waals surface area contributed by atoms with Crippen molar-refractivity contribution in [3.05, 3.63) is 36.4 Å². The van der Waals surface area contributed by atoms with Gasteiger partial charge in [-0.3, -0.25) is 9.48 Å². The molecule has 2 rings (SSSR count). The van der Waals surface area contributed by atoms with E-state index < -0.39 is 0 Å². The summed E-state index contributed by atoms with van der Waals surface area (Å²) in [7, 11) is 3.59. The molecule has 6 heteroatoms. The standard InChI is InChI=1S/C11H13N5O/c1-12-8-3-4-10(13-5-8)11(17)15-9-6-14-16(2)7-9/h3-7,12H,1-2H3,(H,15,17). The van der Waals surface area contributed by atoms with Crippen molar-refractivity contribution in [3.63, 3.8) is 0 Å². The Morgan fingerprint density at radius 1 is 1.29 bits per heavy atom. The van der Waals surface area contributed by atoms with Gasteiger partial charge in [0.25, 0.3) is 5.91 Å². The second-order valence-electron chi connectivity index (χ2n) is 3.54. The summed E-state index contributed by atoms with van der Waals surface area (Å²) in [4.78, 5) is 15.8. The van der Waals surface area contributed by atoms with Crippen LogP contribution in [-0.2, 0) is 7.05 Å². The first-order chi connectivity index (χ1) is 8.19. The monoisotopic (exact) mass is 231 g/mol. The highest BCUT2D eigenvalue weighted by atomic mass is 16.1. The number of carbonyl (C=O) groups is 1. The lowest BCUT2D eigenvalue weighted by Crippen LogP contribution is -2.13. The first-order valence-electron chi connectivity index (χ1n) is 5.13. The highest BCUT2D eigenvalue weighted by molar-refractivity contribution is 6.02. The molecule has 0 bridgehead atoms. The van der Waals surface area contributed by atoms with Gasteiger partial charge in [-0.15, -0.1) is 0 Å². The zero-order valence-corrected chi connectivity index (χ0v) is 9.64. The average molecular weight is 231 g/mol. The minimum Gasteiger partial charge on any atom is -0.387 e. The molecule has 0 aromatic carbocycles. The largest absolute Gasteiger partial charge is 0.387 e. The second kappa shape index (κ2) is 4.65. The van der Waals surface area contributed by atoms with Crippen molar-refractivity contribution in [3.8, 4) is 0 Å². The molecule has 0 aliphatic carbocycles. The van der Waals surface area contributed by atoms with Crippen molar-refractivity contribution < 1.29 is 4.79 Å². The maximum Gasteiger partial charge on any atom is 0.274 e. The van der Waals surface area contributed by atoms with Gasteiger partial charge in [0.1, 0.15) is 5.69 Å². The molecule has 1 amide bonds. The van der Waals surface area contributed by atoms with Crippen LogP contribution in [0.2, 0.25) is 0 Å². The fraction of sp³-hybridized carbons (Fsp3) is 0.182. The van der Waals surface area contributed by atoms with Crippen LogP contribution in [0.15, 0.2) is 30.7 Å². The van der Waals surface area contributed by atoms with Gasteiger partial charge in [-0.2, -0.15) is 5.10 Å². The fourth-order valence-electron chi connectivity index (χ4n) is 1.36. The van der Waals surface area contributed by atoms with E-state index in [9.17, 15) is 4.79 Å². The molecule has 2 heterocycles. The summed E-state index contributed by atoms with van der Waals surface area (Å²) in [6.45, 7) is 0. The number of hydrogen-bond donors (Lipinski definition) is 2. The maximum absolute atomic E-state index is 11.8. The minimum atomic E-state index is -0.249. The molecule has 0 atom stereocenters. The molecule has 2 aromatic heterocycles. The first kappa shape index (κ1) is 11.1. The lowest BCUT2D eigenvalue weighted by molar-refractivity contribution is 0.102. The Morgan fingerprint density at radius 3 is 2.65 bits per heavy atom. The molecule has 0 fully saturated rings. The Balaban J connectivity index is 2.09. The Hall–Kier alpha value is -2.37. The molecule has 2 aromatic rings. The number of aryl methyl sites for hydroxylation is 1. The fourth-order valence-corrected chi connectivity index (χ4v) is 1.36. The van der Waals surface area contributed by atoms with E-state index >= 15 is 0 Å². The number of aromatic nitrogens is 3. The number of rotatable bonds is 3. The number of nitrogens with zero attached hydrogens (tertiary/aromatic N) is 3. The Kier molecular flexibility index (Phi) is 3.04. The van der Waals surface area contributed by atoms with Gasteiger partial charge in [0.15, 0.2) is 0 Å². The van der Waals surface area contributed by atoms with Gasteiger partial charge in [-0.1, -0.05) is 0 Å². The lowest BCUT2D eigenvalue weighted by Gasteiger charge is -2.03. The number of hydrogen-bond acceptors (Lipinski definition) is 4. The zero-order valence-electron chi connectivity index (χ0n) is 9.64. The highest BCUT2D eigenvalue weighted by Crippen LogP contribution is 2.08. The summed E-state index contributed by atoms with van der Waals surface area (Å²) in [6, 6.07) is 3.46. The minimum absolute atomic E-state index is 0.249. The number of nitrogens with one attached hydrogen (secondary N) is 2. The lowest BCUT2D eigenvalue weighted by atomic mass is 10.3. The normalized spacial score (nSPS) is 10.0. The summed E-state index contributed by atoms with van der Waals surface area (Å²) >= 11 is 0. The summed E-state index contributed by atoms with van der Waals surface area (Å²) in [5.74, 6) is -0.249. The number of carbonyl (C=O) groups excluding carboxylic acids is 1. The topological polar surface area (TPSA) is 71.8 Å². The molecule has 0 unspecified atom stereocenters. The van der Waals surface area contributed by atoms with Crippen molar-refractivity contribution in [2.75, 3.05) is 17.7 Å². The third kappa shape index (κ3) is 2.60. The molecular formula is C11H13N5O. The van der Waals surface area contributed by atoms with Crippen LogP contribution in [0.4, 0.5) is 11.4 Å². The number of pyridine rings is 1. The zero-order chi connectivity index (χ0) is 12.3. The van der Waals surface area contributed by atoms with Crippen LogP contribution in [0, 0.1) is 0 Å². The van der Waals surface area contributed by atoms with Gasteiger partial charge < -0.3 is 10.6 Å². The van der Waals surface area contributed by atoms with E-state index in [1.165, 1.54) is 0 Å². The Bertz CT molecular complexity index is 517. The maximum atomic E-state index is 11.8. The van der Waals surface area contributed by atoms with Crippen LogP contribution in [-0.4, -0.2) is 27.7 Å². The molecule has 0 spiro atoms. The van der Waals surface area contributed by atoms with Crippen molar-refractivity contribution in [1.82, 2.24) is 14.8 Å². The quantitative estimate of drug-likeness (QED) is 0.830. The molecule has 17 heavy (non-hydrogen) atoms. The van der Waals surface area contributed by atoms with E-state index in [1.807, 2.05) is 0 Å². The van der Waals surface area contributed by atoms with E-state index in [2.05, 4.69) is 20.7 Å². The van der Waals surface area contributed by atoms with Gasteiger partial charge in [0.2, 0.25) is 0 Å². The van der Waals surface area contributed by atoms with Crippen LogP contribution < -0.4 is 10.6 Å². The molecular weight excluding hydrogens is 218 g/mol. The summed E-state index contributed by atoms with van der Waals surface area (Å²) in [5, 5.41) is 9.61. The first-order valence-corrected chi connectivity index (χ1v) is 5.13.